The number of hydrogen-bond donors (Lipinski definition) is 1. The number of benzene rings is 1. The Hall–Kier alpha value is -1.02. The lowest BCUT2D eigenvalue weighted by molar-refractivity contribution is 0.614. The van der Waals surface area contributed by atoms with Crippen LogP contribution in [0, 0.1) is 12.7 Å². The molecule has 0 aliphatic heterocycles. The van der Waals surface area contributed by atoms with E-state index in [4.69, 9.17) is 17.3 Å². The summed E-state index contributed by atoms with van der Waals surface area (Å²) < 4.78 is 13.7. The highest BCUT2D eigenvalue weighted by molar-refractivity contribution is 6.32. The third kappa shape index (κ3) is 1.90. The molecule has 14 heavy (non-hydrogen) atoms. The first-order chi connectivity index (χ1) is 6.45. The summed E-state index contributed by atoms with van der Waals surface area (Å²) in [4.78, 5) is 0. The average molecular weight is 214 g/mol. The van der Waals surface area contributed by atoms with Gasteiger partial charge in [0.1, 0.15) is 5.82 Å². The zero-order chi connectivity index (χ0) is 10.9. The second kappa shape index (κ2) is 4.01. The van der Waals surface area contributed by atoms with Crippen molar-refractivity contribution in [3.63, 3.8) is 0 Å². The summed E-state index contributed by atoms with van der Waals surface area (Å²) in [6, 6.07) is 3.30. The van der Waals surface area contributed by atoms with Crippen molar-refractivity contribution in [1.29, 1.82) is 0 Å². The smallest absolute Gasteiger partial charge is 0.136 e. The molecule has 0 radical (unpaired) electrons. The highest BCUT2D eigenvalue weighted by Crippen LogP contribution is 2.27. The summed E-state index contributed by atoms with van der Waals surface area (Å²) >= 11 is 5.89. The fourth-order valence-electron chi connectivity index (χ4n) is 1.15. The van der Waals surface area contributed by atoms with Crippen molar-refractivity contribution in [3.8, 4) is 0 Å². The zero-order valence-corrected chi connectivity index (χ0v) is 9.24. The van der Waals surface area contributed by atoms with Gasteiger partial charge in [0.15, 0.2) is 0 Å². The normalized spacial score (nSPS) is 10.1. The predicted octanol–water partition coefficient (Wildman–Crippen LogP) is 3.50. The van der Waals surface area contributed by atoms with E-state index in [0.717, 1.165) is 5.57 Å². The molecule has 0 aliphatic carbocycles. The van der Waals surface area contributed by atoms with E-state index in [0.29, 0.717) is 21.8 Å². The fourth-order valence-corrected chi connectivity index (χ4v) is 1.40. The van der Waals surface area contributed by atoms with Crippen LogP contribution in [-0.2, 0) is 0 Å². The van der Waals surface area contributed by atoms with E-state index in [-0.39, 0.29) is 5.82 Å². The van der Waals surface area contributed by atoms with Gasteiger partial charge < -0.3 is 5.73 Å². The summed E-state index contributed by atoms with van der Waals surface area (Å²) in [7, 11) is 0. The molecule has 1 aromatic rings. The molecule has 0 amide bonds. The molecule has 0 atom stereocenters. The van der Waals surface area contributed by atoms with Crippen LogP contribution in [-0.4, -0.2) is 0 Å². The highest BCUT2D eigenvalue weighted by Gasteiger charge is 2.12. The minimum absolute atomic E-state index is 0.312. The van der Waals surface area contributed by atoms with E-state index in [1.54, 1.807) is 19.1 Å². The van der Waals surface area contributed by atoms with Crippen LogP contribution in [0.1, 0.15) is 25.0 Å². The third-order valence-electron chi connectivity index (χ3n) is 2.09. The van der Waals surface area contributed by atoms with Crippen molar-refractivity contribution in [2.75, 3.05) is 0 Å². The Labute approximate surface area is 88.4 Å². The Bertz CT molecular complexity index is 393. The van der Waals surface area contributed by atoms with Crippen LogP contribution in [0.2, 0.25) is 5.02 Å². The minimum atomic E-state index is -0.337. The molecule has 0 aromatic heterocycles. The lowest BCUT2D eigenvalue weighted by atomic mass is 10.1. The van der Waals surface area contributed by atoms with Gasteiger partial charge in [0, 0.05) is 5.70 Å². The Morgan fingerprint density at radius 2 is 1.93 bits per heavy atom. The van der Waals surface area contributed by atoms with Crippen molar-refractivity contribution in [2.24, 2.45) is 5.73 Å². The lowest BCUT2D eigenvalue weighted by Gasteiger charge is -2.09. The first kappa shape index (κ1) is 11.1. The molecule has 1 aromatic carbocycles. The average Bonchev–Trinajstić information content (AvgIpc) is 2.12. The van der Waals surface area contributed by atoms with Crippen LogP contribution in [0.3, 0.4) is 0 Å². The monoisotopic (exact) mass is 213 g/mol. The van der Waals surface area contributed by atoms with Gasteiger partial charge in [-0.2, -0.15) is 0 Å². The molecule has 0 unspecified atom stereocenters. The molecule has 0 saturated heterocycles. The van der Waals surface area contributed by atoms with E-state index < -0.39 is 0 Å². The second-order valence-electron chi connectivity index (χ2n) is 3.47. The molecular formula is C11H13ClFN. The van der Waals surface area contributed by atoms with E-state index in [2.05, 4.69) is 0 Å². The topological polar surface area (TPSA) is 26.0 Å². The highest BCUT2D eigenvalue weighted by atomic mass is 35.5. The van der Waals surface area contributed by atoms with Crippen molar-refractivity contribution in [1.82, 2.24) is 0 Å². The maximum atomic E-state index is 13.7. The second-order valence-corrected chi connectivity index (χ2v) is 3.87. The van der Waals surface area contributed by atoms with Crippen molar-refractivity contribution in [3.05, 3.63) is 39.7 Å². The maximum Gasteiger partial charge on any atom is 0.136 e. The summed E-state index contributed by atoms with van der Waals surface area (Å²) in [5, 5.41) is 0.354. The maximum absolute atomic E-state index is 13.7. The number of aryl methyl sites for hydroxylation is 1. The number of halogens is 2. The molecule has 0 heterocycles. The molecule has 1 rings (SSSR count). The Morgan fingerprint density at radius 1 is 1.36 bits per heavy atom. The quantitative estimate of drug-likeness (QED) is 0.759. The largest absolute Gasteiger partial charge is 0.398 e. The predicted molar refractivity (Wildman–Crippen MR) is 58.6 cm³/mol. The first-order valence-corrected chi connectivity index (χ1v) is 4.71. The third-order valence-corrected chi connectivity index (χ3v) is 2.41. The van der Waals surface area contributed by atoms with Gasteiger partial charge in [0.2, 0.25) is 0 Å². The van der Waals surface area contributed by atoms with Gasteiger partial charge >= 0.3 is 0 Å². The van der Waals surface area contributed by atoms with Crippen molar-refractivity contribution < 1.29 is 4.39 Å². The molecule has 2 N–H and O–H groups in total. The summed E-state index contributed by atoms with van der Waals surface area (Å²) in [5.74, 6) is -0.337. The van der Waals surface area contributed by atoms with Crippen LogP contribution < -0.4 is 5.73 Å². The standard InChI is InChI=1S/C11H13ClFN/c1-6(2)11(14)9-8(12)5-4-7(3)10(9)13/h4-5H,14H2,1-3H3. The van der Waals surface area contributed by atoms with E-state index in [1.807, 2.05) is 13.8 Å². The zero-order valence-electron chi connectivity index (χ0n) is 8.49. The molecule has 76 valence electrons. The number of hydrogen-bond acceptors (Lipinski definition) is 1. The molecule has 0 spiro atoms. The minimum Gasteiger partial charge on any atom is -0.398 e. The summed E-state index contributed by atoms with van der Waals surface area (Å²) in [6.07, 6.45) is 0. The van der Waals surface area contributed by atoms with E-state index in [9.17, 15) is 4.39 Å². The Morgan fingerprint density at radius 3 is 2.43 bits per heavy atom. The molecule has 3 heteroatoms. The summed E-state index contributed by atoms with van der Waals surface area (Å²) in [6.45, 7) is 5.34. The molecule has 0 saturated carbocycles. The number of allylic oxidation sites excluding steroid dienone is 1. The van der Waals surface area contributed by atoms with Gasteiger partial charge in [-0.3, -0.25) is 0 Å². The van der Waals surface area contributed by atoms with Crippen molar-refractivity contribution in [2.45, 2.75) is 20.8 Å². The van der Waals surface area contributed by atoms with Crippen LogP contribution >= 0.6 is 11.6 Å². The summed E-state index contributed by atoms with van der Waals surface area (Å²) in [5.41, 5.74) is 7.90. The Balaban J connectivity index is 3.48. The van der Waals surface area contributed by atoms with Gasteiger partial charge in [-0.1, -0.05) is 23.2 Å². The molecular weight excluding hydrogens is 201 g/mol. The SMILES string of the molecule is CC(C)=C(N)c1c(Cl)ccc(C)c1F. The number of rotatable bonds is 1. The van der Waals surface area contributed by atoms with Gasteiger partial charge in [0.25, 0.3) is 0 Å². The van der Waals surface area contributed by atoms with Gasteiger partial charge in [-0.25, -0.2) is 4.39 Å². The molecule has 0 fully saturated rings. The first-order valence-electron chi connectivity index (χ1n) is 4.33. The van der Waals surface area contributed by atoms with Crippen LogP contribution in [0.15, 0.2) is 17.7 Å². The van der Waals surface area contributed by atoms with Gasteiger partial charge in [-0.15, -0.1) is 0 Å². The van der Waals surface area contributed by atoms with Crippen molar-refractivity contribution >= 4 is 17.3 Å². The van der Waals surface area contributed by atoms with Gasteiger partial charge in [0.05, 0.1) is 10.6 Å². The van der Waals surface area contributed by atoms with Crippen LogP contribution in [0.4, 0.5) is 4.39 Å². The van der Waals surface area contributed by atoms with E-state index >= 15 is 0 Å². The lowest BCUT2D eigenvalue weighted by Crippen LogP contribution is -2.03. The van der Waals surface area contributed by atoms with Crippen LogP contribution in [0.25, 0.3) is 5.70 Å². The van der Waals surface area contributed by atoms with Crippen LogP contribution in [0.5, 0.6) is 0 Å². The van der Waals surface area contributed by atoms with Gasteiger partial charge in [-0.05, 0) is 32.4 Å². The Kier molecular flexibility index (Phi) is 3.17. The molecule has 0 bridgehead atoms. The van der Waals surface area contributed by atoms with E-state index in [1.165, 1.54) is 0 Å². The molecule has 1 nitrogen and oxygen atoms in total. The molecule has 0 aliphatic rings. The number of nitrogens with two attached hydrogens (primary N) is 1. The fraction of sp³-hybridized carbons (Fsp3) is 0.273.